The smallest absolute Gasteiger partial charge is 0.323 e. The van der Waals surface area contributed by atoms with Crippen LogP contribution in [0.4, 0.5) is 0 Å². The van der Waals surface area contributed by atoms with Crippen molar-refractivity contribution < 1.29 is 9.90 Å². The van der Waals surface area contributed by atoms with E-state index in [4.69, 9.17) is 16.7 Å². The highest BCUT2D eigenvalue weighted by Gasteiger charge is 2.30. The quantitative estimate of drug-likeness (QED) is 0.757. The molecule has 1 unspecified atom stereocenters. The van der Waals surface area contributed by atoms with Crippen LogP contribution in [0.5, 0.6) is 0 Å². The number of nitrogens with one attached hydrogen (secondary N) is 1. The van der Waals surface area contributed by atoms with Crippen LogP contribution in [0.2, 0.25) is 5.02 Å². The van der Waals surface area contributed by atoms with Crippen LogP contribution in [0, 0.1) is 0 Å². The van der Waals surface area contributed by atoms with Gasteiger partial charge < -0.3 is 10.4 Å². The van der Waals surface area contributed by atoms with Gasteiger partial charge in [0.05, 0.1) is 0 Å². The molecule has 0 fully saturated rings. The highest BCUT2D eigenvalue weighted by Crippen LogP contribution is 2.22. The maximum absolute atomic E-state index is 11.1. The summed E-state index contributed by atoms with van der Waals surface area (Å²) in [6.45, 7) is 1.70. The normalized spacial score (nSPS) is 14.2. The Hall–Kier alpha value is -0.710. The molecule has 1 aromatic rings. The molecule has 100 valence electrons. The summed E-state index contributed by atoms with van der Waals surface area (Å²) >= 11 is 7.74. The minimum atomic E-state index is -0.854. The Labute approximate surface area is 117 Å². The molecule has 1 atom stereocenters. The number of halogens is 1. The predicted octanol–water partition coefficient (Wildman–Crippen LogP) is 3.03. The van der Waals surface area contributed by atoms with Gasteiger partial charge in [0.1, 0.15) is 5.54 Å². The number of aliphatic carboxylic acids is 1. The topological polar surface area (TPSA) is 49.3 Å². The molecule has 0 heterocycles. The zero-order chi connectivity index (χ0) is 13.6. The van der Waals surface area contributed by atoms with Crippen molar-refractivity contribution in [3.8, 4) is 0 Å². The standard InChI is InChI=1S/C13H18ClNO2S/c1-13(15-2,12(16)17)7-8-18-9-10-5-3-4-6-11(10)14/h3-6,15H,7-9H2,1-2H3,(H,16,17). The van der Waals surface area contributed by atoms with E-state index < -0.39 is 11.5 Å². The largest absolute Gasteiger partial charge is 0.480 e. The van der Waals surface area contributed by atoms with E-state index in [-0.39, 0.29) is 0 Å². The summed E-state index contributed by atoms with van der Waals surface area (Å²) < 4.78 is 0. The van der Waals surface area contributed by atoms with Crippen LogP contribution < -0.4 is 5.32 Å². The van der Waals surface area contributed by atoms with E-state index in [0.717, 1.165) is 22.1 Å². The highest BCUT2D eigenvalue weighted by atomic mass is 35.5. The third-order valence-electron chi connectivity index (χ3n) is 2.99. The van der Waals surface area contributed by atoms with Gasteiger partial charge in [-0.1, -0.05) is 29.8 Å². The molecule has 0 saturated heterocycles. The van der Waals surface area contributed by atoms with Gasteiger partial charge in [-0.25, -0.2) is 0 Å². The number of hydrogen-bond donors (Lipinski definition) is 2. The molecule has 0 aliphatic carbocycles. The van der Waals surface area contributed by atoms with Crippen molar-refractivity contribution in [2.24, 2.45) is 0 Å². The van der Waals surface area contributed by atoms with Crippen LogP contribution in [0.25, 0.3) is 0 Å². The average Bonchev–Trinajstić information content (AvgIpc) is 2.36. The van der Waals surface area contributed by atoms with E-state index in [9.17, 15) is 4.79 Å². The Morgan fingerprint density at radius 2 is 2.17 bits per heavy atom. The SMILES string of the molecule is CNC(C)(CCSCc1ccccc1Cl)C(=O)O. The van der Waals surface area contributed by atoms with Crippen molar-refractivity contribution in [2.45, 2.75) is 24.6 Å². The fourth-order valence-electron chi connectivity index (χ4n) is 1.41. The van der Waals surface area contributed by atoms with Gasteiger partial charge in [0.25, 0.3) is 0 Å². The van der Waals surface area contributed by atoms with Crippen molar-refractivity contribution in [3.63, 3.8) is 0 Å². The van der Waals surface area contributed by atoms with E-state index in [1.165, 1.54) is 0 Å². The Morgan fingerprint density at radius 1 is 1.50 bits per heavy atom. The first kappa shape index (κ1) is 15.3. The lowest BCUT2D eigenvalue weighted by molar-refractivity contribution is -0.144. The van der Waals surface area contributed by atoms with Gasteiger partial charge in [0.15, 0.2) is 0 Å². The lowest BCUT2D eigenvalue weighted by Gasteiger charge is -2.23. The molecule has 0 amide bonds. The van der Waals surface area contributed by atoms with Crippen molar-refractivity contribution >= 4 is 29.3 Å². The van der Waals surface area contributed by atoms with Gasteiger partial charge in [-0.05, 0) is 37.8 Å². The van der Waals surface area contributed by atoms with Crippen LogP contribution >= 0.6 is 23.4 Å². The molecule has 0 bridgehead atoms. The summed E-state index contributed by atoms with van der Waals surface area (Å²) in [6.07, 6.45) is 0.577. The Morgan fingerprint density at radius 3 is 2.72 bits per heavy atom. The maximum atomic E-state index is 11.1. The van der Waals surface area contributed by atoms with Gasteiger partial charge in [-0.15, -0.1) is 0 Å². The number of benzene rings is 1. The van der Waals surface area contributed by atoms with Crippen molar-refractivity contribution in [3.05, 3.63) is 34.9 Å². The monoisotopic (exact) mass is 287 g/mol. The Kier molecular flexibility index (Phi) is 5.99. The lowest BCUT2D eigenvalue weighted by Crippen LogP contribution is -2.47. The number of carboxylic acid groups (broad SMARTS) is 1. The van der Waals surface area contributed by atoms with Crippen LogP contribution in [-0.2, 0) is 10.5 Å². The minimum Gasteiger partial charge on any atom is -0.480 e. The zero-order valence-electron chi connectivity index (χ0n) is 10.6. The number of rotatable bonds is 7. The fourth-order valence-corrected chi connectivity index (χ4v) is 2.86. The second-order valence-corrected chi connectivity index (χ2v) is 5.79. The molecule has 18 heavy (non-hydrogen) atoms. The Bertz CT molecular complexity index is 414. The van der Waals surface area contributed by atoms with Gasteiger partial charge in [-0.3, -0.25) is 4.79 Å². The minimum absolute atomic E-state index is 0.577. The number of carboxylic acids is 1. The van der Waals surface area contributed by atoms with E-state index >= 15 is 0 Å². The van der Waals surface area contributed by atoms with Crippen molar-refractivity contribution in [2.75, 3.05) is 12.8 Å². The molecule has 1 aromatic carbocycles. The molecule has 1 rings (SSSR count). The highest BCUT2D eigenvalue weighted by molar-refractivity contribution is 7.98. The van der Waals surface area contributed by atoms with Gasteiger partial charge in [-0.2, -0.15) is 11.8 Å². The van der Waals surface area contributed by atoms with Crippen molar-refractivity contribution in [1.82, 2.24) is 5.32 Å². The molecule has 0 aliphatic rings. The molecule has 0 aromatic heterocycles. The maximum Gasteiger partial charge on any atom is 0.323 e. The van der Waals surface area contributed by atoms with Crippen molar-refractivity contribution in [1.29, 1.82) is 0 Å². The second-order valence-electron chi connectivity index (χ2n) is 4.28. The van der Waals surface area contributed by atoms with Gasteiger partial charge in [0.2, 0.25) is 0 Å². The van der Waals surface area contributed by atoms with E-state index in [1.807, 2.05) is 24.3 Å². The zero-order valence-corrected chi connectivity index (χ0v) is 12.1. The number of carbonyl (C=O) groups is 1. The molecule has 0 spiro atoms. The molecule has 3 nitrogen and oxygen atoms in total. The molecule has 0 saturated carbocycles. The summed E-state index contributed by atoms with van der Waals surface area (Å²) in [5.74, 6) is 0.761. The van der Waals surface area contributed by atoms with E-state index in [2.05, 4.69) is 5.32 Å². The summed E-state index contributed by atoms with van der Waals surface area (Å²) in [5, 5.41) is 12.7. The van der Waals surface area contributed by atoms with E-state index in [0.29, 0.717) is 6.42 Å². The first-order chi connectivity index (χ1) is 8.49. The fraction of sp³-hybridized carbons (Fsp3) is 0.462. The van der Waals surface area contributed by atoms with Crippen LogP contribution in [0.15, 0.2) is 24.3 Å². The molecule has 0 aliphatic heterocycles. The molecule has 0 radical (unpaired) electrons. The first-order valence-electron chi connectivity index (χ1n) is 5.73. The Balaban J connectivity index is 2.39. The number of hydrogen-bond acceptors (Lipinski definition) is 3. The molecular formula is C13H18ClNO2S. The summed E-state index contributed by atoms with van der Waals surface area (Å²) in [6, 6.07) is 7.71. The summed E-state index contributed by atoms with van der Waals surface area (Å²) in [4.78, 5) is 11.1. The first-order valence-corrected chi connectivity index (χ1v) is 7.26. The summed E-state index contributed by atoms with van der Waals surface area (Å²) in [5.41, 5.74) is 0.235. The lowest BCUT2D eigenvalue weighted by atomic mass is 10.00. The average molecular weight is 288 g/mol. The van der Waals surface area contributed by atoms with E-state index in [1.54, 1.807) is 25.7 Å². The second kappa shape index (κ2) is 7.02. The number of thioether (sulfide) groups is 1. The summed E-state index contributed by atoms with van der Waals surface area (Å²) in [7, 11) is 1.67. The molecular weight excluding hydrogens is 270 g/mol. The number of likely N-dealkylation sites (N-methyl/N-ethyl adjacent to an activating group) is 1. The van der Waals surface area contributed by atoms with Crippen LogP contribution in [0.3, 0.4) is 0 Å². The van der Waals surface area contributed by atoms with Gasteiger partial charge in [0, 0.05) is 10.8 Å². The third kappa shape index (κ3) is 4.19. The molecule has 5 heteroatoms. The van der Waals surface area contributed by atoms with Crippen LogP contribution in [-0.4, -0.2) is 29.4 Å². The molecule has 2 N–H and O–H groups in total. The van der Waals surface area contributed by atoms with Crippen LogP contribution in [0.1, 0.15) is 18.9 Å². The van der Waals surface area contributed by atoms with Gasteiger partial charge >= 0.3 is 5.97 Å². The predicted molar refractivity (Wildman–Crippen MR) is 77.3 cm³/mol. The third-order valence-corrected chi connectivity index (χ3v) is 4.36.